The third kappa shape index (κ3) is 3.80. The minimum atomic E-state index is -4.55. The number of benzene rings is 2. The van der Waals surface area contributed by atoms with Crippen molar-refractivity contribution in [3.63, 3.8) is 0 Å². The molecule has 0 aliphatic carbocycles. The number of nitriles is 1. The van der Waals surface area contributed by atoms with Crippen molar-refractivity contribution < 1.29 is 18.0 Å². The van der Waals surface area contributed by atoms with Crippen LogP contribution in [0.5, 0.6) is 0 Å². The lowest BCUT2D eigenvalue weighted by atomic mass is 10.1. The Bertz CT molecular complexity index is 854. The van der Waals surface area contributed by atoms with Crippen molar-refractivity contribution in [1.82, 2.24) is 0 Å². The summed E-state index contributed by atoms with van der Waals surface area (Å²) in [6.45, 7) is 0.889. The van der Waals surface area contributed by atoms with E-state index >= 15 is 0 Å². The average Bonchev–Trinajstić information content (AvgIpc) is 3.05. The molecule has 0 saturated carbocycles. The average molecular weight is 359 g/mol. The second kappa shape index (κ2) is 7.08. The van der Waals surface area contributed by atoms with Crippen LogP contribution in [-0.2, 0) is 17.5 Å². The number of hydrogen-bond donors (Lipinski definition) is 1. The molecule has 0 bridgehead atoms. The van der Waals surface area contributed by atoms with Crippen LogP contribution in [0.15, 0.2) is 42.5 Å². The van der Waals surface area contributed by atoms with E-state index in [0.29, 0.717) is 13.0 Å². The molecule has 134 valence electrons. The molecule has 2 aromatic carbocycles. The van der Waals surface area contributed by atoms with E-state index in [1.54, 1.807) is 35.2 Å². The van der Waals surface area contributed by atoms with Crippen molar-refractivity contribution in [2.75, 3.05) is 16.8 Å². The smallest absolute Gasteiger partial charge is 0.380 e. The van der Waals surface area contributed by atoms with E-state index in [2.05, 4.69) is 5.32 Å². The molecule has 1 heterocycles. The number of halogens is 3. The number of hydrogen-bond acceptors (Lipinski definition) is 3. The summed E-state index contributed by atoms with van der Waals surface area (Å²) in [5.74, 6) is 0.0864. The van der Waals surface area contributed by atoms with Gasteiger partial charge in [-0.05, 0) is 42.3 Å². The SMILES string of the molecule is N#Cc1ccc(NCc2ccc(N3CCCC3=O)cc2)c(C(F)(F)F)c1. The summed E-state index contributed by atoms with van der Waals surface area (Å²) in [7, 11) is 0. The topological polar surface area (TPSA) is 56.1 Å². The monoisotopic (exact) mass is 359 g/mol. The molecule has 1 N–H and O–H groups in total. The number of anilines is 2. The maximum absolute atomic E-state index is 13.2. The summed E-state index contributed by atoms with van der Waals surface area (Å²) < 4.78 is 39.5. The fourth-order valence-electron chi connectivity index (χ4n) is 2.91. The molecule has 1 fully saturated rings. The van der Waals surface area contributed by atoms with Gasteiger partial charge in [-0.3, -0.25) is 4.79 Å². The van der Waals surface area contributed by atoms with Crippen molar-refractivity contribution in [3.8, 4) is 6.07 Å². The van der Waals surface area contributed by atoms with E-state index in [0.717, 1.165) is 23.7 Å². The molecule has 2 aromatic rings. The summed E-state index contributed by atoms with van der Waals surface area (Å²) in [6, 6.07) is 12.3. The van der Waals surface area contributed by atoms with Gasteiger partial charge in [0.15, 0.2) is 0 Å². The van der Waals surface area contributed by atoms with Crippen LogP contribution in [0.1, 0.15) is 29.5 Å². The zero-order chi connectivity index (χ0) is 18.7. The van der Waals surface area contributed by atoms with Gasteiger partial charge < -0.3 is 10.2 Å². The summed E-state index contributed by atoms with van der Waals surface area (Å²) in [5, 5.41) is 11.6. The van der Waals surface area contributed by atoms with Gasteiger partial charge in [0, 0.05) is 30.9 Å². The quantitative estimate of drug-likeness (QED) is 0.885. The van der Waals surface area contributed by atoms with E-state index < -0.39 is 11.7 Å². The largest absolute Gasteiger partial charge is 0.418 e. The molecule has 0 radical (unpaired) electrons. The summed E-state index contributed by atoms with van der Waals surface area (Å²) in [5.41, 5.74) is 0.608. The van der Waals surface area contributed by atoms with Gasteiger partial charge in [0.25, 0.3) is 0 Å². The zero-order valence-electron chi connectivity index (χ0n) is 13.8. The highest BCUT2D eigenvalue weighted by Crippen LogP contribution is 2.35. The highest BCUT2D eigenvalue weighted by molar-refractivity contribution is 5.95. The van der Waals surface area contributed by atoms with Crippen molar-refractivity contribution in [3.05, 3.63) is 59.2 Å². The van der Waals surface area contributed by atoms with Crippen LogP contribution in [0, 0.1) is 11.3 Å². The molecule has 7 heteroatoms. The van der Waals surface area contributed by atoms with Crippen molar-refractivity contribution in [1.29, 1.82) is 5.26 Å². The van der Waals surface area contributed by atoms with Gasteiger partial charge >= 0.3 is 6.18 Å². The Morgan fingerprint density at radius 3 is 2.46 bits per heavy atom. The molecule has 0 aromatic heterocycles. The van der Waals surface area contributed by atoms with Gasteiger partial charge in [0.2, 0.25) is 5.91 Å². The second-order valence-electron chi connectivity index (χ2n) is 6.04. The van der Waals surface area contributed by atoms with Crippen LogP contribution in [0.3, 0.4) is 0 Å². The van der Waals surface area contributed by atoms with Gasteiger partial charge in [-0.15, -0.1) is 0 Å². The Kier molecular flexibility index (Phi) is 4.85. The highest BCUT2D eigenvalue weighted by atomic mass is 19.4. The third-order valence-corrected chi connectivity index (χ3v) is 4.26. The van der Waals surface area contributed by atoms with Gasteiger partial charge in [-0.2, -0.15) is 18.4 Å². The van der Waals surface area contributed by atoms with Gasteiger partial charge in [0.05, 0.1) is 17.2 Å². The summed E-state index contributed by atoms with van der Waals surface area (Å²) in [6.07, 6.45) is -3.17. The molecule has 1 saturated heterocycles. The van der Waals surface area contributed by atoms with Crippen molar-refractivity contribution >= 4 is 17.3 Å². The molecular weight excluding hydrogens is 343 g/mol. The van der Waals surface area contributed by atoms with E-state index in [9.17, 15) is 18.0 Å². The lowest BCUT2D eigenvalue weighted by Crippen LogP contribution is -2.23. The van der Waals surface area contributed by atoms with Gasteiger partial charge in [-0.25, -0.2) is 0 Å². The summed E-state index contributed by atoms with van der Waals surface area (Å²) in [4.78, 5) is 13.4. The number of nitrogens with zero attached hydrogens (tertiary/aromatic N) is 2. The van der Waals surface area contributed by atoms with E-state index in [1.165, 1.54) is 12.1 Å². The van der Waals surface area contributed by atoms with Crippen LogP contribution in [-0.4, -0.2) is 12.5 Å². The fraction of sp³-hybridized carbons (Fsp3) is 0.263. The number of alkyl halides is 3. The molecule has 1 amide bonds. The molecule has 1 aliphatic heterocycles. The Labute approximate surface area is 148 Å². The van der Waals surface area contributed by atoms with Crippen molar-refractivity contribution in [2.24, 2.45) is 0 Å². The van der Waals surface area contributed by atoms with Crippen LogP contribution in [0.4, 0.5) is 24.5 Å². The Balaban J connectivity index is 1.73. The van der Waals surface area contributed by atoms with Crippen LogP contribution < -0.4 is 10.2 Å². The Morgan fingerprint density at radius 2 is 1.88 bits per heavy atom. The normalized spacial score (nSPS) is 14.4. The minimum Gasteiger partial charge on any atom is -0.380 e. The lowest BCUT2D eigenvalue weighted by molar-refractivity contribution is -0.137. The van der Waals surface area contributed by atoms with Crippen LogP contribution in [0.2, 0.25) is 0 Å². The molecule has 3 rings (SSSR count). The third-order valence-electron chi connectivity index (χ3n) is 4.26. The zero-order valence-corrected chi connectivity index (χ0v) is 13.8. The molecule has 26 heavy (non-hydrogen) atoms. The standard InChI is InChI=1S/C19H16F3N3O/c20-19(21,22)16-10-14(11-23)5-8-17(16)24-12-13-3-6-15(7-4-13)25-9-1-2-18(25)26/h3-8,10,24H,1-2,9,12H2. The number of nitrogens with one attached hydrogen (secondary N) is 1. The number of amides is 1. The van der Waals surface area contributed by atoms with Crippen molar-refractivity contribution in [2.45, 2.75) is 25.6 Å². The molecule has 0 spiro atoms. The Morgan fingerprint density at radius 1 is 1.15 bits per heavy atom. The van der Waals surface area contributed by atoms with E-state index in [-0.39, 0.29) is 23.7 Å². The molecule has 0 atom stereocenters. The van der Waals surface area contributed by atoms with Gasteiger partial charge in [-0.1, -0.05) is 12.1 Å². The maximum atomic E-state index is 13.2. The number of carbonyl (C=O) groups excluding carboxylic acids is 1. The molecule has 1 aliphatic rings. The molecule has 4 nitrogen and oxygen atoms in total. The lowest BCUT2D eigenvalue weighted by Gasteiger charge is -2.17. The van der Waals surface area contributed by atoms with E-state index in [4.69, 9.17) is 5.26 Å². The highest BCUT2D eigenvalue weighted by Gasteiger charge is 2.33. The first-order chi connectivity index (χ1) is 12.4. The molecule has 0 unspecified atom stereocenters. The maximum Gasteiger partial charge on any atom is 0.418 e. The van der Waals surface area contributed by atoms with Crippen LogP contribution in [0.25, 0.3) is 0 Å². The Hall–Kier alpha value is -3.01. The fourth-order valence-corrected chi connectivity index (χ4v) is 2.91. The van der Waals surface area contributed by atoms with Gasteiger partial charge in [0.1, 0.15) is 0 Å². The first-order valence-corrected chi connectivity index (χ1v) is 8.13. The minimum absolute atomic E-state index is 0.0393. The second-order valence-corrected chi connectivity index (χ2v) is 6.04. The predicted molar refractivity (Wildman–Crippen MR) is 91.5 cm³/mol. The summed E-state index contributed by atoms with van der Waals surface area (Å²) >= 11 is 0. The first-order valence-electron chi connectivity index (χ1n) is 8.13. The molecular formula is C19H16F3N3O. The number of rotatable bonds is 4. The first kappa shape index (κ1) is 17.8. The predicted octanol–water partition coefficient (Wildman–Crippen LogP) is 4.32. The van der Waals surface area contributed by atoms with Crippen LogP contribution >= 0.6 is 0 Å². The number of carbonyl (C=O) groups is 1. The van der Waals surface area contributed by atoms with E-state index in [1.807, 2.05) is 0 Å².